The van der Waals surface area contributed by atoms with E-state index in [9.17, 15) is 4.79 Å². The zero-order valence-electron chi connectivity index (χ0n) is 22.5. The molecule has 0 spiro atoms. The number of hydrogen-bond donors (Lipinski definition) is 1. The zero-order chi connectivity index (χ0) is 27.6. The van der Waals surface area contributed by atoms with Gasteiger partial charge in [0.15, 0.2) is 0 Å². The van der Waals surface area contributed by atoms with E-state index in [1.54, 1.807) is 18.2 Å². The fourth-order valence-electron chi connectivity index (χ4n) is 4.96. The van der Waals surface area contributed by atoms with Crippen molar-refractivity contribution in [3.63, 3.8) is 0 Å². The quantitative estimate of drug-likeness (QED) is 0.154. The van der Waals surface area contributed by atoms with E-state index in [0.29, 0.717) is 11.2 Å². The number of ether oxygens (including phenoxy) is 1. The molecule has 1 heterocycles. The van der Waals surface area contributed by atoms with Gasteiger partial charge in [0.05, 0.1) is 11.2 Å². The highest BCUT2D eigenvalue weighted by Crippen LogP contribution is 2.44. The monoisotopic (exact) mass is 522 g/mol. The molecule has 5 rings (SSSR count). The zero-order valence-corrected chi connectivity index (χ0v) is 22.5. The van der Waals surface area contributed by atoms with Gasteiger partial charge in [0.25, 0.3) is 0 Å². The van der Waals surface area contributed by atoms with Crippen molar-refractivity contribution in [1.29, 1.82) is 0 Å². The number of fused-ring (bicyclic) bond motifs is 3. The summed E-state index contributed by atoms with van der Waals surface area (Å²) in [6.07, 6.45) is 1.35. The highest BCUT2D eigenvalue weighted by atomic mass is 16.7. The Hall–Kier alpha value is -4.04. The molecule has 3 aromatic carbocycles. The number of rotatable bonds is 7. The second kappa shape index (κ2) is 10.6. The first-order valence-corrected chi connectivity index (χ1v) is 13.0. The SMILES string of the molecule is CC1(C)OB(C(=Cc2cccc(N=[N+]=[N-])c2)CNC(=O)OCC2c3ccccc3-c3ccccc32)OC1(C)C. The third kappa shape index (κ3) is 5.43. The number of alkyl carbamates (subject to hydrolysis) is 1. The first-order chi connectivity index (χ1) is 18.7. The van der Waals surface area contributed by atoms with E-state index < -0.39 is 24.4 Å². The topological polar surface area (TPSA) is 106 Å². The molecule has 1 aliphatic heterocycles. The van der Waals surface area contributed by atoms with Crippen LogP contribution in [0.2, 0.25) is 0 Å². The molecule has 1 aliphatic carbocycles. The third-order valence-corrected chi connectivity index (χ3v) is 7.72. The lowest BCUT2D eigenvalue weighted by Crippen LogP contribution is -2.41. The van der Waals surface area contributed by atoms with Gasteiger partial charge in [-0.05, 0) is 72.6 Å². The third-order valence-electron chi connectivity index (χ3n) is 7.72. The molecule has 0 saturated carbocycles. The number of carbonyl (C=O) groups excluding carboxylic acids is 1. The number of carbonyl (C=O) groups is 1. The molecule has 0 aromatic heterocycles. The van der Waals surface area contributed by atoms with Crippen molar-refractivity contribution in [3.8, 4) is 11.1 Å². The van der Waals surface area contributed by atoms with E-state index >= 15 is 0 Å². The Bertz CT molecular complexity index is 1420. The van der Waals surface area contributed by atoms with Gasteiger partial charge in [-0.2, -0.15) is 0 Å². The lowest BCUT2D eigenvalue weighted by Gasteiger charge is -2.32. The second-order valence-corrected chi connectivity index (χ2v) is 10.8. The number of nitrogens with one attached hydrogen (secondary N) is 1. The van der Waals surface area contributed by atoms with Crippen LogP contribution in [-0.2, 0) is 14.0 Å². The molecule has 8 nitrogen and oxygen atoms in total. The van der Waals surface area contributed by atoms with Crippen molar-refractivity contribution in [2.45, 2.75) is 44.8 Å². The van der Waals surface area contributed by atoms with Crippen molar-refractivity contribution in [1.82, 2.24) is 5.32 Å². The second-order valence-electron chi connectivity index (χ2n) is 10.8. The Kier molecular flexibility index (Phi) is 7.23. The van der Waals surface area contributed by atoms with Gasteiger partial charge in [0.1, 0.15) is 6.61 Å². The maximum Gasteiger partial charge on any atom is 0.492 e. The first kappa shape index (κ1) is 26.6. The largest absolute Gasteiger partial charge is 0.492 e. The lowest BCUT2D eigenvalue weighted by atomic mass is 9.77. The molecule has 0 radical (unpaired) electrons. The molecule has 0 bridgehead atoms. The maximum atomic E-state index is 12.9. The van der Waals surface area contributed by atoms with Crippen molar-refractivity contribution in [3.05, 3.63) is 105 Å². The van der Waals surface area contributed by atoms with Crippen LogP contribution in [0.3, 0.4) is 0 Å². The summed E-state index contributed by atoms with van der Waals surface area (Å²) in [6, 6.07) is 23.6. The number of nitrogens with zero attached hydrogens (tertiary/aromatic N) is 3. The molecule has 39 heavy (non-hydrogen) atoms. The van der Waals surface area contributed by atoms with Gasteiger partial charge < -0.3 is 19.4 Å². The molecule has 1 amide bonds. The standard InChI is InChI=1S/C30H31BN4O4/c1-29(2)30(3,4)39-31(38-29)21(16-20-10-9-11-22(17-20)34-35-32)18-33-28(36)37-19-27-25-14-7-5-12-23(25)24-13-6-8-15-26(24)27/h5-17,27H,18-19H2,1-4H3,(H,33,36). The minimum Gasteiger partial charge on any atom is -0.449 e. The van der Waals surface area contributed by atoms with Gasteiger partial charge in [-0.15, -0.1) is 0 Å². The van der Waals surface area contributed by atoms with Crippen LogP contribution in [0.4, 0.5) is 10.5 Å². The van der Waals surface area contributed by atoms with Crippen molar-refractivity contribution < 1.29 is 18.8 Å². The van der Waals surface area contributed by atoms with Gasteiger partial charge in [0.2, 0.25) is 0 Å². The number of hydrogen-bond acceptors (Lipinski definition) is 5. The van der Waals surface area contributed by atoms with Crippen LogP contribution >= 0.6 is 0 Å². The van der Waals surface area contributed by atoms with Crippen LogP contribution in [-0.4, -0.2) is 37.6 Å². The molecular formula is C30H31BN4O4. The Morgan fingerprint density at radius 1 is 1.00 bits per heavy atom. The van der Waals surface area contributed by atoms with Crippen LogP contribution in [0.5, 0.6) is 0 Å². The Labute approximate surface area is 228 Å². The van der Waals surface area contributed by atoms with Crippen molar-refractivity contribution >= 4 is 25.0 Å². The average Bonchev–Trinajstić information content (AvgIpc) is 3.34. The van der Waals surface area contributed by atoms with E-state index in [1.807, 2.05) is 64.1 Å². The summed E-state index contributed by atoms with van der Waals surface area (Å²) in [5.41, 5.74) is 14.4. The summed E-state index contributed by atoms with van der Waals surface area (Å²) in [5.74, 6) is -0.0234. The predicted octanol–water partition coefficient (Wildman–Crippen LogP) is 7.18. The van der Waals surface area contributed by atoms with Crippen LogP contribution in [0.15, 0.2) is 83.4 Å². The molecule has 1 N–H and O–H groups in total. The predicted molar refractivity (Wildman–Crippen MR) is 152 cm³/mol. The van der Waals surface area contributed by atoms with Gasteiger partial charge in [-0.3, -0.25) is 0 Å². The molecule has 1 saturated heterocycles. The van der Waals surface area contributed by atoms with E-state index in [0.717, 1.165) is 16.7 Å². The summed E-state index contributed by atoms with van der Waals surface area (Å²) < 4.78 is 18.2. The molecular weight excluding hydrogens is 491 g/mol. The van der Waals surface area contributed by atoms with E-state index in [1.165, 1.54) is 11.1 Å². The molecule has 2 aliphatic rings. The average molecular weight is 522 g/mol. The van der Waals surface area contributed by atoms with Crippen LogP contribution in [0, 0.1) is 0 Å². The van der Waals surface area contributed by atoms with Crippen LogP contribution in [0.25, 0.3) is 27.6 Å². The summed E-state index contributed by atoms with van der Waals surface area (Å²) in [5, 5.41) is 6.56. The van der Waals surface area contributed by atoms with Gasteiger partial charge in [-0.25, -0.2) is 4.79 Å². The summed E-state index contributed by atoms with van der Waals surface area (Å²) >= 11 is 0. The van der Waals surface area contributed by atoms with Crippen molar-refractivity contribution in [2.24, 2.45) is 5.11 Å². The summed E-state index contributed by atoms with van der Waals surface area (Å²) in [6.45, 7) is 8.29. The van der Waals surface area contributed by atoms with Crippen LogP contribution in [0.1, 0.15) is 50.3 Å². The minimum atomic E-state index is -0.674. The fraction of sp³-hybridized carbons (Fsp3) is 0.300. The smallest absolute Gasteiger partial charge is 0.449 e. The fourth-order valence-corrected chi connectivity index (χ4v) is 4.96. The first-order valence-electron chi connectivity index (χ1n) is 13.0. The molecule has 3 aromatic rings. The Morgan fingerprint density at radius 2 is 1.62 bits per heavy atom. The Morgan fingerprint density at radius 3 is 2.23 bits per heavy atom. The highest BCUT2D eigenvalue weighted by molar-refractivity contribution is 6.56. The van der Waals surface area contributed by atoms with Crippen molar-refractivity contribution in [2.75, 3.05) is 13.2 Å². The summed E-state index contributed by atoms with van der Waals surface area (Å²) in [4.78, 5) is 15.8. The molecule has 1 fully saturated rings. The minimum absolute atomic E-state index is 0.0234. The van der Waals surface area contributed by atoms with Gasteiger partial charge in [0, 0.05) is 23.1 Å². The van der Waals surface area contributed by atoms with Gasteiger partial charge >= 0.3 is 13.2 Å². The normalized spacial score (nSPS) is 17.2. The number of benzene rings is 3. The van der Waals surface area contributed by atoms with Crippen LogP contribution < -0.4 is 5.32 Å². The number of amides is 1. The van der Waals surface area contributed by atoms with E-state index in [-0.39, 0.29) is 19.1 Å². The molecule has 0 atom stereocenters. The van der Waals surface area contributed by atoms with Gasteiger partial charge in [-0.1, -0.05) is 77.9 Å². The number of azide groups is 1. The molecule has 9 heteroatoms. The van der Waals surface area contributed by atoms with E-state index in [2.05, 4.69) is 39.6 Å². The molecule has 198 valence electrons. The maximum absolute atomic E-state index is 12.9. The highest BCUT2D eigenvalue weighted by Gasteiger charge is 2.52. The summed E-state index contributed by atoms with van der Waals surface area (Å²) in [7, 11) is -0.674. The Balaban J connectivity index is 1.31. The lowest BCUT2D eigenvalue weighted by molar-refractivity contribution is 0.00578. The van der Waals surface area contributed by atoms with E-state index in [4.69, 9.17) is 19.6 Å². The molecule has 0 unspecified atom stereocenters.